The molecule has 0 spiro atoms. The maximum Gasteiger partial charge on any atom is 0.155 e. The van der Waals surface area contributed by atoms with Crippen LogP contribution in [0.3, 0.4) is 0 Å². The van der Waals surface area contributed by atoms with Crippen LogP contribution in [0.25, 0.3) is 0 Å². The Morgan fingerprint density at radius 2 is 1.73 bits per heavy atom. The van der Waals surface area contributed by atoms with E-state index in [-0.39, 0.29) is 10.8 Å². The Morgan fingerprint density at radius 1 is 1.00 bits per heavy atom. The standard InChI is InChI=1S/C20H30O2/c1-18-9-6-14(21)12-13(18)4-5-15-16(18)7-10-19(2)17(15)8-11-20(19,3)22/h12,15-17,22H,4-11H2,1-3H3/t15?,16?,17?,18-,19-,20?/m1/s1. The monoisotopic (exact) mass is 302 g/mol. The highest BCUT2D eigenvalue weighted by atomic mass is 16.3. The van der Waals surface area contributed by atoms with Gasteiger partial charge in [-0.05, 0) is 86.5 Å². The molecule has 4 rings (SSSR count). The van der Waals surface area contributed by atoms with Crippen LogP contribution in [0.5, 0.6) is 0 Å². The summed E-state index contributed by atoms with van der Waals surface area (Å²) in [6, 6.07) is 0. The Balaban J connectivity index is 1.70. The molecule has 3 saturated carbocycles. The van der Waals surface area contributed by atoms with Crippen LogP contribution in [0, 0.1) is 28.6 Å². The van der Waals surface area contributed by atoms with Gasteiger partial charge < -0.3 is 5.11 Å². The Bertz CT molecular complexity index is 546. The summed E-state index contributed by atoms with van der Waals surface area (Å²) in [4.78, 5) is 11.8. The van der Waals surface area contributed by atoms with E-state index in [9.17, 15) is 9.90 Å². The molecule has 0 aromatic heterocycles. The summed E-state index contributed by atoms with van der Waals surface area (Å²) in [6.45, 7) is 6.85. The van der Waals surface area contributed by atoms with Gasteiger partial charge in [-0.3, -0.25) is 4.79 Å². The lowest BCUT2D eigenvalue weighted by Gasteiger charge is -2.58. The van der Waals surface area contributed by atoms with E-state index in [2.05, 4.69) is 20.8 Å². The molecule has 0 amide bonds. The molecule has 4 aliphatic rings. The van der Waals surface area contributed by atoms with E-state index < -0.39 is 5.60 Å². The fraction of sp³-hybridized carbons (Fsp3) is 0.850. The maximum atomic E-state index is 11.8. The predicted molar refractivity (Wildman–Crippen MR) is 87.3 cm³/mol. The first kappa shape index (κ1) is 14.9. The molecule has 0 saturated heterocycles. The Kier molecular flexibility index (Phi) is 3.03. The third kappa shape index (κ3) is 1.74. The second kappa shape index (κ2) is 4.47. The third-order valence-corrected chi connectivity index (χ3v) is 8.52. The molecule has 4 aliphatic carbocycles. The third-order valence-electron chi connectivity index (χ3n) is 8.52. The number of carbonyl (C=O) groups excluding carboxylic acids is 1. The quantitative estimate of drug-likeness (QED) is 0.725. The van der Waals surface area contributed by atoms with Crippen molar-refractivity contribution in [1.29, 1.82) is 0 Å². The van der Waals surface area contributed by atoms with Gasteiger partial charge in [0, 0.05) is 6.42 Å². The number of rotatable bonds is 0. The van der Waals surface area contributed by atoms with Crippen LogP contribution in [0.4, 0.5) is 0 Å². The van der Waals surface area contributed by atoms with E-state index in [4.69, 9.17) is 0 Å². The predicted octanol–water partition coefficient (Wildman–Crippen LogP) is 4.27. The number of hydrogen-bond donors (Lipinski definition) is 1. The summed E-state index contributed by atoms with van der Waals surface area (Å²) in [5.74, 6) is 2.50. The lowest BCUT2D eigenvalue weighted by Crippen LogP contribution is -2.53. The summed E-state index contributed by atoms with van der Waals surface area (Å²) in [7, 11) is 0. The van der Waals surface area contributed by atoms with Gasteiger partial charge in [0.15, 0.2) is 5.78 Å². The van der Waals surface area contributed by atoms with Crippen molar-refractivity contribution >= 4 is 5.78 Å². The van der Waals surface area contributed by atoms with Crippen LogP contribution < -0.4 is 0 Å². The molecule has 122 valence electrons. The van der Waals surface area contributed by atoms with Crippen LogP contribution in [0.1, 0.15) is 72.1 Å². The van der Waals surface area contributed by atoms with Crippen molar-refractivity contribution < 1.29 is 9.90 Å². The van der Waals surface area contributed by atoms with Gasteiger partial charge in [-0.1, -0.05) is 19.4 Å². The normalized spacial score (nSPS) is 54.3. The molecule has 22 heavy (non-hydrogen) atoms. The van der Waals surface area contributed by atoms with Crippen LogP contribution in [0.15, 0.2) is 11.6 Å². The summed E-state index contributed by atoms with van der Waals surface area (Å²) in [5.41, 5.74) is 1.32. The molecule has 1 N–H and O–H groups in total. The van der Waals surface area contributed by atoms with Gasteiger partial charge in [0.25, 0.3) is 0 Å². The molecule has 2 nitrogen and oxygen atoms in total. The molecular formula is C20H30O2. The largest absolute Gasteiger partial charge is 0.390 e. The molecule has 0 aliphatic heterocycles. The fourth-order valence-electron chi connectivity index (χ4n) is 6.80. The van der Waals surface area contributed by atoms with E-state index in [1.54, 1.807) is 0 Å². The molecule has 4 unspecified atom stereocenters. The number of carbonyl (C=O) groups is 1. The number of ketones is 1. The molecule has 0 aromatic rings. The number of allylic oxidation sites excluding steroid dienone is 1. The summed E-state index contributed by atoms with van der Waals surface area (Å²) in [6.07, 6.45) is 10.7. The molecule has 0 bridgehead atoms. The lowest BCUT2D eigenvalue weighted by molar-refractivity contribution is -0.124. The number of fused-ring (bicyclic) bond motifs is 5. The zero-order chi connectivity index (χ0) is 15.8. The van der Waals surface area contributed by atoms with Crippen molar-refractivity contribution in [3.05, 3.63) is 11.6 Å². The smallest absolute Gasteiger partial charge is 0.155 e. The van der Waals surface area contributed by atoms with Crippen LogP contribution in [0.2, 0.25) is 0 Å². The van der Waals surface area contributed by atoms with Gasteiger partial charge in [0.2, 0.25) is 0 Å². The van der Waals surface area contributed by atoms with E-state index >= 15 is 0 Å². The first-order chi connectivity index (χ1) is 10.3. The number of aliphatic hydroxyl groups is 1. The molecule has 2 heteroatoms. The Hall–Kier alpha value is -0.630. The van der Waals surface area contributed by atoms with Crippen molar-refractivity contribution in [1.82, 2.24) is 0 Å². The molecule has 0 heterocycles. The highest BCUT2D eigenvalue weighted by Crippen LogP contribution is 2.67. The van der Waals surface area contributed by atoms with Crippen molar-refractivity contribution in [2.24, 2.45) is 28.6 Å². The minimum atomic E-state index is -0.484. The Morgan fingerprint density at radius 3 is 2.50 bits per heavy atom. The van der Waals surface area contributed by atoms with Crippen molar-refractivity contribution in [3.8, 4) is 0 Å². The molecular weight excluding hydrogens is 272 g/mol. The second-order valence-electron chi connectivity index (χ2n) is 9.24. The average Bonchev–Trinajstić information content (AvgIpc) is 2.70. The van der Waals surface area contributed by atoms with Gasteiger partial charge in [-0.25, -0.2) is 0 Å². The minimum Gasteiger partial charge on any atom is -0.390 e. The zero-order valence-electron chi connectivity index (χ0n) is 14.3. The first-order valence-corrected chi connectivity index (χ1v) is 9.24. The van der Waals surface area contributed by atoms with Crippen molar-refractivity contribution in [2.75, 3.05) is 0 Å². The van der Waals surface area contributed by atoms with Crippen molar-refractivity contribution in [3.63, 3.8) is 0 Å². The molecule has 0 radical (unpaired) electrons. The average molecular weight is 302 g/mol. The highest BCUT2D eigenvalue weighted by molar-refractivity contribution is 5.91. The van der Waals surface area contributed by atoms with Gasteiger partial charge in [-0.2, -0.15) is 0 Å². The molecule has 3 fully saturated rings. The highest BCUT2D eigenvalue weighted by Gasteiger charge is 2.62. The summed E-state index contributed by atoms with van der Waals surface area (Å²) in [5, 5.41) is 10.9. The van der Waals surface area contributed by atoms with Gasteiger partial charge in [0.05, 0.1) is 5.60 Å². The SMILES string of the molecule is CC1(O)CCC2C3CCC4=CC(=O)CC[C@@]4(C)C3CC[C@]21C. The van der Waals surface area contributed by atoms with Crippen LogP contribution in [-0.4, -0.2) is 16.5 Å². The van der Waals surface area contributed by atoms with Crippen molar-refractivity contribution in [2.45, 2.75) is 77.7 Å². The van der Waals surface area contributed by atoms with E-state index in [0.717, 1.165) is 43.9 Å². The number of hydrogen-bond acceptors (Lipinski definition) is 2. The Labute approximate surface area is 134 Å². The first-order valence-electron chi connectivity index (χ1n) is 9.24. The van der Waals surface area contributed by atoms with Crippen LogP contribution in [-0.2, 0) is 4.79 Å². The van der Waals surface area contributed by atoms with Gasteiger partial charge in [0.1, 0.15) is 0 Å². The maximum absolute atomic E-state index is 11.8. The molecule has 6 atom stereocenters. The van der Waals surface area contributed by atoms with Crippen LogP contribution >= 0.6 is 0 Å². The second-order valence-corrected chi connectivity index (χ2v) is 9.24. The fourth-order valence-corrected chi connectivity index (χ4v) is 6.80. The lowest BCUT2D eigenvalue weighted by atomic mass is 9.46. The van der Waals surface area contributed by atoms with E-state index in [1.807, 2.05) is 6.08 Å². The van der Waals surface area contributed by atoms with Gasteiger partial charge >= 0.3 is 0 Å². The summed E-state index contributed by atoms with van der Waals surface area (Å²) < 4.78 is 0. The topological polar surface area (TPSA) is 37.3 Å². The van der Waals surface area contributed by atoms with Gasteiger partial charge in [-0.15, -0.1) is 0 Å². The van der Waals surface area contributed by atoms with E-state index in [0.29, 0.717) is 11.7 Å². The minimum absolute atomic E-state index is 0.107. The zero-order valence-corrected chi connectivity index (χ0v) is 14.3. The van der Waals surface area contributed by atoms with E-state index in [1.165, 1.54) is 24.8 Å². The molecule has 0 aromatic carbocycles. The summed E-state index contributed by atoms with van der Waals surface area (Å²) >= 11 is 0.